The van der Waals surface area contributed by atoms with Crippen LogP contribution >= 0.6 is 0 Å². The van der Waals surface area contributed by atoms with Crippen molar-refractivity contribution in [3.05, 3.63) is 54.1 Å². The predicted molar refractivity (Wildman–Crippen MR) is 97.7 cm³/mol. The molecule has 0 bridgehead atoms. The molecule has 6 nitrogen and oxygen atoms in total. The van der Waals surface area contributed by atoms with E-state index >= 15 is 0 Å². The minimum absolute atomic E-state index is 0.000919. The first-order valence-electron chi connectivity index (χ1n) is 8.23. The topological polar surface area (TPSA) is 75.7 Å². The Labute approximate surface area is 165 Å². The van der Waals surface area contributed by atoms with E-state index in [-0.39, 0.29) is 24.5 Å². The van der Waals surface area contributed by atoms with E-state index in [1.54, 1.807) is 24.1 Å². The van der Waals surface area contributed by atoms with Gasteiger partial charge in [-0.25, -0.2) is 8.42 Å². The van der Waals surface area contributed by atoms with Crippen LogP contribution in [0.5, 0.6) is 5.75 Å². The van der Waals surface area contributed by atoms with Gasteiger partial charge in [0.05, 0.1) is 17.1 Å². The molecule has 2 rings (SSSR count). The van der Waals surface area contributed by atoms with E-state index in [0.29, 0.717) is 5.56 Å². The number of rotatable bonds is 9. The molecule has 11 heteroatoms. The molecule has 0 radical (unpaired) electrons. The molecule has 1 amide bonds. The number of anilines is 1. The Kier molecular flexibility index (Phi) is 7.57. The van der Waals surface area contributed by atoms with E-state index in [1.807, 2.05) is 0 Å². The fourth-order valence-corrected chi connectivity index (χ4v) is 3.38. The van der Waals surface area contributed by atoms with E-state index in [0.717, 1.165) is 6.07 Å². The smallest absolute Gasteiger partial charge is 0.387 e. The second-order valence-corrected chi connectivity index (χ2v) is 7.93. The summed E-state index contributed by atoms with van der Waals surface area (Å²) in [7, 11) is -3.27. The van der Waals surface area contributed by atoms with Gasteiger partial charge in [-0.2, -0.15) is 17.6 Å². The number of carbonyl (C=O) groups excluding carboxylic acids is 1. The monoisotopic (exact) mass is 434 g/mol. The summed E-state index contributed by atoms with van der Waals surface area (Å²) in [4.78, 5) is 13.1. The van der Waals surface area contributed by atoms with Crippen molar-refractivity contribution in [1.29, 1.82) is 0 Å². The number of sulfone groups is 1. The van der Waals surface area contributed by atoms with E-state index < -0.39 is 33.0 Å². The zero-order valence-corrected chi connectivity index (χ0v) is 16.0. The summed E-state index contributed by atoms with van der Waals surface area (Å²) in [6.45, 7) is -2.82. The molecule has 0 aliphatic carbocycles. The molecule has 29 heavy (non-hydrogen) atoms. The molecule has 0 atom stereocenters. The van der Waals surface area contributed by atoms with Gasteiger partial charge < -0.3 is 10.1 Å². The first kappa shape index (κ1) is 22.6. The van der Waals surface area contributed by atoms with Crippen molar-refractivity contribution in [2.24, 2.45) is 0 Å². The summed E-state index contributed by atoms with van der Waals surface area (Å²) < 4.78 is 77.6. The van der Waals surface area contributed by atoms with Gasteiger partial charge in [0.15, 0.2) is 0 Å². The number of halogens is 4. The molecule has 2 aromatic rings. The lowest BCUT2D eigenvalue weighted by Crippen LogP contribution is -2.30. The molecule has 158 valence electrons. The summed E-state index contributed by atoms with van der Waals surface area (Å²) in [5.41, 5.74) is 0.474. The molecule has 2 aromatic carbocycles. The summed E-state index contributed by atoms with van der Waals surface area (Å²) >= 11 is 0. The van der Waals surface area contributed by atoms with Crippen molar-refractivity contribution in [2.75, 3.05) is 18.9 Å². The molecule has 0 unspecified atom stereocenters. The number of amides is 1. The zero-order chi connectivity index (χ0) is 21.6. The number of benzene rings is 2. The van der Waals surface area contributed by atoms with Crippen LogP contribution in [-0.2, 0) is 21.2 Å². The molecule has 0 spiro atoms. The fraction of sp³-hybridized carbons (Fsp3) is 0.278. The van der Waals surface area contributed by atoms with Crippen LogP contribution in [0.25, 0.3) is 0 Å². The number of hydrogen-bond acceptors (Lipinski definition) is 5. The van der Waals surface area contributed by atoms with Gasteiger partial charge in [0.2, 0.25) is 15.7 Å². The van der Waals surface area contributed by atoms with E-state index in [2.05, 4.69) is 10.1 Å². The number of ether oxygens (including phenoxy) is 1. The predicted octanol–water partition coefficient (Wildman–Crippen LogP) is 3.35. The third-order valence-electron chi connectivity index (χ3n) is 3.72. The highest BCUT2D eigenvalue weighted by Crippen LogP contribution is 2.26. The molecule has 0 aromatic heterocycles. The van der Waals surface area contributed by atoms with Gasteiger partial charge in [-0.1, -0.05) is 24.3 Å². The van der Waals surface area contributed by atoms with Crippen molar-refractivity contribution >= 4 is 21.4 Å². The van der Waals surface area contributed by atoms with Gasteiger partial charge in [0.1, 0.15) is 5.75 Å². The Morgan fingerprint density at radius 1 is 1.07 bits per heavy atom. The Morgan fingerprint density at radius 3 is 2.28 bits per heavy atom. The quantitative estimate of drug-likeness (QED) is 0.613. The molecule has 0 heterocycles. The largest absolute Gasteiger partial charge is 0.435 e. The molecule has 0 aliphatic rings. The second-order valence-electron chi connectivity index (χ2n) is 6.04. The fourth-order valence-electron chi connectivity index (χ4n) is 2.49. The SMILES string of the molecule is CN(CC(=O)Nc1ccccc1S(=O)(=O)C(F)F)Cc1ccc(OC(F)F)cc1. The van der Waals surface area contributed by atoms with Crippen LogP contribution in [0, 0.1) is 0 Å². The highest BCUT2D eigenvalue weighted by atomic mass is 32.2. The number of hydrogen-bond donors (Lipinski definition) is 1. The van der Waals surface area contributed by atoms with Crippen LogP contribution < -0.4 is 10.1 Å². The van der Waals surface area contributed by atoms with Gasteiger partial charge >= 0.3 is 12.4 Å². The molecular weight excluding hydrogens is 416 g/mol. The standard InChI is InChI=1S/C18H18F4N2O4S/c1-24(10-12-6-8-13(9-7-12)28-17(19)20)11-16(25)23-14-4-2-3-5-15(14)29(26,27)18(21)22/h2-9,17-18H,10-11H2,1H3,(H,23,25). The van der Waals surface area contributed by atoms with Crippen molar-refractivity contribution in [3.8, 4) is 5.75 Å². The number of nitrogens with one attached hydrogen (secondary N) is 1. The lowest BCUT2D eigenvalue weighted by molar-refractivity contribution is -0.117. The lowest BCUT2D eigenvalue weighted by Gasteiger charge is -2.17. The molecule has 0 saturated carbocycles. The molecule has 0 saturated heterocycles. The van der Waals surface area contributed by atoms with Crippen molar-refractivity contribution in [3.63, 3.8) is 0 Å². The normalized spacial score (nSPS) is 11.9. The molecular formula is C18H18F4N2O4S. The van der Waals surface area contributed by atoms with Gasteiger partial charge in [-0.15, -0.1) is 0 Å². The van der Waals surface area contributed by atoms with Crippen molar-refractivity contribution < 1.29 is 35.5 Å². The molecule has 0 fully saturated rings. The van der Waals surface area contributed by atoms with Crippen LogP contribution in [0.4, 0.5) is 23.2 Å². The minimum atomic E-state index is -4.87. The van der Waals surface area contributed by atoms with Gasteiger partial charge in [-0.05, 0) is 36.9 Å². The van der Waals surface area contributed by atoms with E-state index in [1.165, 1.54) is 30.3 Å². The Hall–Kier alpha value is -2.66. The van der Waals surface area contributed by atoms with Crippen LogP contribution in [0.3, 0.4) is 0 Å². The lowest BCUT2D eigenvalue weighted by atomic mass is 10.2. The summed E-state index contributed by atoms with van der Waals surface area (Å²) in [6.07, 6.45) is 0. The summed E-state index contributed by atoms with van der Waals surface area (Å²) in [5, 5.41) is 2.32. The Morgan fingerprint density at radius 2 is 1.69 bits per heavy atom. The van der Waals surface area contributed by atoms with Gasteiger partial charge in [0.25, 0.3) is 0 Å². The molecule has 1 N–H and O–H groups in total. The summed E-state index contributed by atoms with van der Waals surface area (Å²) in [5.74, 6) is -4.22. The maximum Gasteiger partial charge on any atom is 0.387 e. The number of likely N-dealkylation sites (N-methyl/N-ethyl adjacent to an activating group) is 1. The van der Waals surface area contributed by atoms with Crippen molar-refractivity contribution in [2.45, 2.75) is 23.8 Å². The van der Waals surface area contributed by atoms with Crippen molar-refractivity contribution in [1.82, 2.24) is 4.90 Å². The Balaban J connectivity index is 1.99. The van der Waals surface area contributed by atoms with Crippen LogP contribution in [0.1, 0.15) is 5.56 Å². The summed E-state index contributed by atoms with van der Waals surface area (Å²) in [6, 6.07) is 10.7. The number of para-hydroxylation sites is 1. The van der Waals surface area contributed by atoms with Crippen LogP contribution in [-0.4, -0.2) is 45.2 Å². The average Bonchev–Trinajstić information content (AvgIpc) is 2.63. The van der Waals surface area contributed by atoms with Crippen LogP contribution in [0.2, 0.25) is 0 Å². The maximum atomic E-state index is 12.8. The van der Waals surface area contributed by atoms with E-state index in [9.17, 15) is 30.8 Å². The number of nitrogens with zero attached hydrogens (tertiary/aromatic N) is 1. The third-order valence-corrected chi connectivity index (χ3v) is 5.15. The minimum Gasteiger partial charge on any atom is -0.435 e. The highest BCUT2D eigenvalue weighted by Gasteiger charge is 2.29. The third kappa shape index (κ3) is 6.43. The highest BCUT2D eigenvalue weighted by molar-refractivity contribution is 7.91. The zero-order valence-electron chi connectivity index (χ0n) is 15.2. The van der Waals surface area contributed by atoms with Gasteiger partial charge in [-0.3, -0.25) is 9.69 Å². The second kappa shape index (κ2) is 9.70. The average molecular weight is 434 g/mol. The number of alkyl halides is 4. The van der Waals surface area contributed by atoms with Crippen LogP contribution in [0.15, 0.2) is 53.4 Å². The first-order chi connectivity index (χ1) is 13.6. The molecule has 0 aliphatic heterocycles. The van der Waals surface area contributed by atoms with Gasteiger partial charge in [0, 0.05) is 6.54 Å². The first-order valence-corrected chi connectivity index (χ1v) is 9.77. The maximum absolute atomic E-state index is 12.8. The number of carbonyl (C=O) groups is 1. The van der Waals surface area contributed by atoms with E-state index in [4.69, 9.17) is 0 Å². The Bertz CT molecular complexity index is 937.